The van der Waals surface area contributed by atoms with E-state index in [0.29, 0.717) is 12.4 Å². The predicted molar refractivity (Wildman–Crippen MR) is 57.5 cm³/mol. The number of hydrogen-bond donors (Lipinski definition) is 1. The zero-order chi connectivity index (χ0) is 10.7. The quantitative estimate of drug-likeness (QED) is 0.831. The molecule has 0 aliphatic heterocycles. The molecule has 0 saturated heterocycles. The highest BCUT2D eigenvalue weighted by Gasteiger charge is 2.02. The average Bonchev–Trinajstić information content (AvgIpc) is 2.63. The Hall–Kier alpha value is -1.84. The monoisotopic (exact) mass is 203 g/mol. The highest BCUT2D eigenvalue weighted by Crippen LogP contribution is 2.11. The Morgan fingerprint density at radius 1 is 1.33 bits per heavy atom. The maximum Gasteiger partial charge on any atom is 0.213 e. The minimum atomic E-state index is 0.561. The van der Waals surface area contributed by atoms with Crippen LogP contribution in [0.2, 0.25) is 0 Å². The molecule has 0 fully saturated rings. The van der Waals surface area contributed by atoms with Gasteiger partial charge in [0.2, 0.25) is 5.89 Å². The summed E-state index contributed by atoms with van der Waals surface area (Å²) in [6.45, 7) is 4.45. The highest BCUT2D eigenvalue weighted by atomic mass is 16.4. The van der Waals surface area contributed by atoms with Gasteiger partial charge in [0.1, 0.15) is 11.6 Å². The lowest BCUT2D eigenvalue weighted by Gasteiger charge is -2.04. The normalized spacial score (nSPS) is 10.3. The first-order valence-corrected chi connectivity index (χ1v) is 4.82. The summed E-state index contributed by atoms with van der Waals surface area (Å²) in [5, 5.41) is 3.18. The molecule has 1 N–H and O–H groups in total. The average molecular weight is 203 g/mol. The van der Waals surface area contributed by atoms with Crippen LogP contribution in [-0.2, 0) is 6.54 Å². The summed E-state index contributed by atoms with van der Waals surface area (Å²) in [7, 11) is 0. The van der Waals surface area contributed by atoms with E-state index in [2.05, 4.69) is 15.3 Å². The van der Waals surface area contributed by atoms with Crippen molar-refractivity contribution in [2.24, 2.45) is 0 Å². The van der Waals surface area contributed by atoms with E-state index < -0.39 is 0 Å². The summed E-state index contributed by atoms with van der Waals surface area (Å²) in [6.07, 6.45) is 3.47. The molecule has 0 amide bonds. The van der Waals surface area contributed by atoms with Crippen LogP contribution >= 0.6 is 0 Å². The number of pyridine rings is 1. The number of anilines is 1. The molecule has 4 heteroatoms. The van der Waals surface area contributed by atoms with Gasteiger partial charge in [-0.2, -0.15) is 0 Å². The van der Waals surface area contributed by atoms with Gasteiger partial charge < -0.3 is 9.73 Å². The molecular formula is C11H13N3O. The minimum Gasteiger partial charge on any atom is -0.444 e. The van der Waals surface area contributed by atoms with Crippen LogP contribution in [0.3, 0.4) is 0 Å². The highest BCUT2D eigenvalue weighted by molar-refractivity contribution is 5.42. The molecule has 0 saturated carbocycles. The second-order valence-electron chi connectivity index (χ2n) is 3.39. The van der Waals surface area contributed by atoms with Crippen molar-refractivity contribution in [1.29, 1.82) is 0 Å². The Labute approximate surface area is 88.4 Å². The molecule has 15 heavy (non-hydrogen) atoms. The maximum absolute atomic E-state index is 5.34. The van der Waals surface area contributed by atoms with E-state index in [1.165, 1.54) is 0 Å². The van der Waals surface area contributed by atoms with Crippen LogP contribution in [0.25, 0.3) is 0 Å². The zero-order valence-electron chi connectivity index (χ0n) is 8.82. The van der Waals surface area contributed by atoms with Crippen molar-refractivity contribution in [1.82, 2.24) is 9.97 Å². The molecule has 0 bridgehead atoms. The standard InChI is InChI=1S/C11H13N3O/c1-8-4-3-5-12-11(8)14-7-10-13-6-9(2)15-10/h3-6H,7H2,1-2H3,(H,12,14). The Morgan fingerprint density at radius 3 is 2.87 bits per heavy atom. The van der Waals surface area contributed by atoms with Crippen LogP contribution in [0.1, 0.15) is 17.2 Å². The van der Waals surface area contributed by atoms with E-state index in [0.717, 1.165) is 17.1 Å². The number of nitrogens with one attached hydrogen (secondary N) is 1. The van der Waals surface area contributed by atoms with Crippen LogP contribution in [0.4, 0.5) is 5.82 Å². The Morgan fingerprint density at radius 2 is 2.20 bits per heavy atom. The molecule has 0 unspecified atom stereocenters. The van der Waals surface area contributed by atoms with E-state index in [-0.39, 0.29) is 0 Å². The van der Waals surface area contributed by atoms with Crippen molar-refractivity contribution in [2.75, 3.05) is 5.32 Å². The first-order valence-electron chi connectivity index (χ1n) is 4.82. The van der Waals surface area contributed by atoms with Gasteiger partial charge >= 0.3 is 0 Å². The van der Waals surface area contributed by atoms with Crippen LogP contribution in [0.15, 0.2) is 28.9 Å². The van der Waals surface area contributed by atoms with Gasteiger partial charge in [0.25, 0.3) is 0 Å². The number of nitrogens with zero attached hydrogens (tertiary/aromatic N) is 2. The van der Waals surface area contributed by atoms with Gasteiger partial charge in [-0.25, -0.2) is 9.97 Å². The van der Waals surface area contributed by atoms with Gasteiger partial charge in [0.15, 0.2) is 0 Å². The van der Waals surface area contributed by atoms with E-state index >= 15 is 0 Å². The number of rotatable bonds is 3. The van der Waals surface area contributed by atoms with Crippen molar-refractivity contribution >= 4 is 5.82 Å². The molecule has 2 aromatic rings. The lowest BCUT2D eigenvalue weighted by molar-refractivity contribution is 0.479. The molecule has 0 atom stereocenters. The maximum atomic E-state index is 5.34. The molecule has 0 aromatic carbocycles. The molecule has 2 aromatic heterocycles. The Kier molecular flexibility index (Phi) is 2.67. The lowest BCUT2D eigenvalue weighted by atomic mass is 10.3. The number of oxazole rings is 1. The molecule has 2 rings (SSSR count). The van der Waals surface area contributed by atoms with Crippen molar-refractivity contribution in [3.63, 3.8) is 0 Å². The molecule has 2 heterocycles. The van der Waals surface area contributed by atoms with Gasteiger partial charge in [-0.3, -0.25) is 0 Å². The smallest absolute Gasteiger partial charge is 0.213 e. The summed E-state index contributed by atoms with van der Waals surface area (Å²) in [5.41, 5.74) is 1.11. The van der Waals surface area contributed by atoms with Gasteiger partial charge in [0.05, 0.1) is 12.7 Å². The van der Waals surface area contributed by atoms with E-state index in [1.54, 1.807) is 12.4 Å². The first-order chi connectivity index (χ1) is 7.25. The first kappa shape index (κ1) is 9.71. The second kappa shape index (κ2) is 4.13. The predicted octanol–water partition coefficient (Wildman–Crippen LogP) is 2.30. The third-order valence-corrected chi connectivity index (χ3v) is 2.09. The van der Waals surface area contributed by atoms with Crippen molar-refractivity contribution in [3.8, 4) is 0 Å². The summed E-state index contributed by atoms with van der Waals surface area (Å²) < 4.78 is 5.34. The third-order valence-electron chi connectivity index (χ3n) is 2.09. The van der Waals surface area contributed by atoms with Crippen LogP contribution in [0, 0.1) is 13.8 Å². The molecule has 0 aliphatic rings. The van der Waals surface area contributed by atoms with E-state index in [1.807, 2.05) is 26.0 Å². The fraction of sp³-hybridized carbons (Fsp3) is 0.273. The fourth-order valence-corrected chi connectivity index (χ4v) is 1.31. The van der Waals surface area contributed by atoms with E-state index in [4.69, 9.17) is 4.42 Å². The molecular weight excluding hydrogens is 190 g/mol. The number of hydrogen-bond acceptors (Lipinski definition) is 4. The third kappa shape index (κ3) is 2.34. The van der Waals surface area contributed by atoms with Crippen LogP contribution < -0.4 is 5.32 Å². The minimum absolute atomic E-state index is 0.561. The topological polar surface area (TPSA) is 51.0 Å². The molecule has 78 valence electrons. The second-order valence-corrected chi connectivity index (χ2v) is 3.39. The largest absolute Gasteiger partial charge is 0.444 e. The Balaban J connectivity index is 2.02. The van der Waals surface area contributed by atoms with Gasteiger partial charge in [-0.15, -0.1) is 0 Å². The molecule has 0 radical (unpaired) electrons. The zero-order valence-corrected chi connectivity index (χ0v) is 8.82. The number of aryl methyl sites for hydroxylation is 2. The summed E-state index contributed by atoms with van der Waals surface area (Å²) in [5.74, 6) is 2.37. The van der Waals surface area contributed by atoms with Crippen molar-refractivity contribution in [3.05, 3.63) is 41.7 Å². The van der Waals surface area contributed by atoms with Gasteiger partial charge in [-0.05, 0) is 25.5 Å². The van der Waals surface area contributed by atoms with Crippen LogP contribution in [-0.4, -0.2) is 9.97 Å². The van der Waals surface area contributed by atoms with Crippen molar-refractivity contribution < 1.29 is 4.42 Å². The lowest BCUT2D eigenvalue weighted by Crippen LogP contribution is -2.02. The Bertz CT molecular complexity index is 451. The summed E-state index contributed by atoms with van der Waals surface area (Å²) >= 11 is 0. The fourth-order valence-electron chi connectivity index (χ4n) is 1.31. The number of aromatic nitrogens is 2. The van der Waals surface area contributed by atoms with Gasteiger partial charge in [-0.1, -0.05) is 6.07 Å². The molecule has 0 spiro atoms. The molecule has 0 aliphatic carbocycles. The summed E-state index contributed by atoms with van der Waals surface area (Å²) in [6, 6.07) is 3.92. The molecule has 4 nitrogen and oxygen atoms in total. The van der Waals surface area contributed by atoms with E-state index in [9.17, 15) is 0 Å². The van der Waals surface area contributed by atoms with Crippen LogP contribution in [0.5, 0.6) is 0 Å². The summed E-state index contributed by atoms with van der Waals surface area (Å²) in [4.78, 5) is 8.32. The van der Waals surface area contributed by atoms with Crippen molar-refractivity contribution in [2.45, 2.75) is 20.4 Å². The van der Waals surface area contributed by atoms with Gasteiger partial charge in [0, 0.05) is 6.20 Å². The SMILES string of the molecule is Cc1cnc(CNc2ncccc2C)o1.